The van der Waals surface area contributed by atoms with E-state index in [0.29, 0.717) is 17.5 Å². The molecule has 0 aliphatic carbocycles. The van der Waals surface area contributed by atoms with Crippen LogP contribution in [0.1, 0.15) is 12.0 Å². The van der Waals surface area contributed by atoms with Gasteiger partial charge < -0.3 is 9.64 Å². The molecule has 2 aliphatic rings. The minimum atomic E-state index is 0.580. The zero-order valence-corrected chi connectivity index (χ0v) is 14.2. The zero-order valence-electron chi connectivity index (χ0n) is 14.2. The minimum absolute atomic E-state index is 0.580. The zero-order chi connectivity index (χ0) is 17.1. The number of nitrogens with zero attached hydrogens (tertiary/aromatic N) is 4. The Kier molecular flexibility index (Phi) is 4.53. The van der Waals surface area contributed by atoms with Gasteiger partial charge in [-0.15, -0.1) is 0 Å². The van der Waals surface area contributed by atoms with Crippen molar-refractivity contribution in [2.75, 3.05) is 37.7 Å². The quantitative estimate of drug-likeness (QED) is 0.841. The number of pyridine rings is 1. The van der Waals surface area contributed by atoms with E-state index in [9.17, 15) is 0 Å². The molecule has 2 fully saturated rings. The summed E-state index contributed by atoms with van der Waals surface area (Å²) in [4.78, 5) is 9.35. The Balaban J connectivity index is 1.32. The van der Waals surface area contributed by atoms with Gasteiger partial charge in [-0.25, -0.2) is 4.98 Å². The number of aromatic nitrogens is 1. The third kappa shape index (κ3) is 3.45. The summed E-state index contributed by atoms with van der Waals surface area (Å²) < 4.78 is 5.86. The topological polar surface area (TPSA) is 52.4 Å². The Bertz CT molecular complexity index is 741. The maximum Gasteiger partial charge on any atom is 0.128 e. The molecule has 3 heterocycles. The molecule has 1 aromatic carbocycles. The first-order chi connectivity index (χ1) is 12.3. The maximum atomic E-state index is 8.90. The Morgan fingerprint density at radius 1 is 1.16 bits per heavy atom. The number of ether oxygens (including phenoxy) is 1. The standard InChI is InChI=1S/C20H22N4O/c21-12-16-6-7-20(22-13-16)24-14-17-8-9-23(19(17)15-24)10-11-25-18-4-2-1-3-5-18/h1-7,13,17,19H,8-11,14-15H2. The van der Waals surface area contributed by atoms with Crippen molar-refractivity contribution >= 4 is 5.82 Å². The van der Waals surface area contributed by atoms with E-state index < -0.39 is 0 Å². The summed E-state index contributed by atoms with van der Waals surface area (Å²) in [6.45, 7) is 4.91. The highest BCUT2D eigenvalue weighted by atomic mass is 16.5. The van der Waals surface area contributed by atoms with Gasteiger partial charge in [0.25, 0.3) is 0 Å². The third-order valence-electron chi connectivity index (χ3n) is 5.25. The average Bonchev–Trinajstić information content (AvgIpc) is 3.24. The normalized spacial score (nSPS) is 22.6. The lowest BCUT2D eigenvalue weighted by Gasteiger charge is -2.25. The Morgan fingerprint density at radius 2 is 2.04 bits per heavy atom. The molecule has 25 heavy (non-hydrogen) atoms. The lowest BCUT2D eigenvalue weighted by molar-refractivity contribution is 0.197. The van der Waals surface area contributed by atoms with E-state index in [-0.39, 0.29) is 0 Å². The number of anilines is 1. The molecule has 5 heteroatoms. The number of benzene rings is 1. The van der Waals surface area contributed by atoms with Crippen LogP contribution in [-0.2, 0) is 0 Å². The molecule has 0 bridgehead atoms. The largest absolute Gasteiger partial charge is 0.492 e. The number of rotatable bonds is 5. The van der Waals surface area contributed by atoms with Gasteiger partial charge in [-0.2, -0.15) is 5.26 Å². The van der Waals surface area contributed by atoms with Crippen molar-refractivity contribution in [3.05, 3.63) is 54.2 Å². The first kappa shape index (κ1) is 15.9. The van der Waals surface area contributed by atoms with Crippen LogP contribution in [0.5, 0.6) is 5.75 Å². The molecule has 2 unspecified atom stereocenters. The Labute approximate surface area is 148 Å². The van der Waals surface area contributed by atoms with Crippen LogP contribution >= 0.6 is 0 Å². The number of nitriles is 1. The summed E-state index contributed by atoms with van der Waals surface area (Å²) in [5.74, 6) is 2.62. The lowest BCUT2D eigenvalue weighted by Crippen LogP contribution is -2.37. The van der Waals surface area contributed by atoms with E-state index in [0.717, 1.165) is 44.4 Å². The number of likely N-dealkylation sites (tertiary alicyclic amines) is 1. The fourth-order valence-electron chi connectivity index (χ4n) is 3.95. The van der Waals surface area contributed by atoms with Gasteiger partial charge >= 0.3 is 0 Å². The molecule has 2 saturated heterocycles. The van der Waals surface area contributed by atoms with Gasteiger partial charge in [-0.1, -0.05) is 18.2 Å². The summed E-state index contributed by atoms with van der Waals surface area (Å²) in [5, 5.41) is 8.90. The van der Waals surface area contributed by atoms with Crippen molar-refractivity contribution in [3.63, 3.8) is 0 Å². The van der Waals surface area contributed by atoms with Crippen molar-refractivity contribution in [2.45, 2.75) is 12.5 Å². The predicted octanol–water partition coefficient (Wildman–Crippen LogP) is 2.54. The van der Waals surface area contributed by atoms with Crippen LogP contribution in [0, 0.1) is 17.2 Å². The fraction of sp³-hybridized carbons (Fsp3) is 0.400. The second-order valence-corrected chi connectivity index (χ2v) is 6.74. The van der Waals surface area contributed by atoms with Gasteiger partial charge in [0.05, 0.1) is 5.56 Å². The second kappa shape index (κ2) is 7.12. The molecule has 2 aliphatic heterocycles. The van der Waals surface area contributed by atoms with Gasteiger partial charge in [0, 0.05) is 31.9 Å². The summed E-state index contributed by atoms with van der Waals surface area (Å²) in [6, 6.07) is 16.5. The van der Waals surface area contributed by atoms with Crippen molar-refractivity contribution in [1.82, 2.24) is 9.88 Å². The lowest BCUT2D eigenvalue weighted by atomic mass is 10.1. The highest BCUT2D eigenvalue weighted by Crippen LogP contribution is 2.33. The van der Waals surface area contributed by atoms with Crippen LogP contribution in [0.25, 0.3) is 0 Å². The van der Waals surface area contributed by atoms with Crippen LogP contribution in [0.4, 0.5) is 5.82 Å². The SMILES string of the molecule is N#Cc1ccc(N2CC3CCN(CCOc4ccccc4)C3C2)nc1. The van der Waals surface area contributed by atoms with Crippen molar-refractivity contribution in [1.29, 1.82) is 5.26 Å². The van der Waals surface area contributed by atoms with Crippen LogP contribution in [0.2, 0.25) is 0 Å². The number of para-hydroxylation sites is 1. The number of hydrogen-bond donors (Lipinski definition) is 0. The number of fused-ring (bicyclic) bond motifs is 1. The van der Waals surface area contributed by atoms with Crippen molar-refractivity contribution in [2.24, 2.45) is 5.92 Å². The summed E-state index contributed by atoms with van der Waals surface area (Å²) in [7, 11) is 0. The predicted molar refractivity (Wildman–Crippen MR) is 96.6 cm³/mol. The van der Waals surface area contributed by atoms with E-state index in [4.69, 9.17) is 10.00 Å². The summed E-state index contributed by atoms with van der Waals surface area (Å²) >= 11 is 0. The second-order valence-electron chi connectivity index (χ2n) is 6.74. The molecule has 4 rings (SSSR count). The molecule has 0 spiro atoms. The minimum Gasteiger partial charge on any atom is -0.492 e. The Hall–Kier alpha value is -2.58. The van der Waals surface area contributed by atoms with Gasteiger partial charge in [0.15, 0.2) is 0 Å². The molecule has 0 radical (unpaired) electrons. The van der Waals surface area contributed by atoms with Crippen molar-refractivity contribution < 1.29 is 4.74 Å². The monoisotopic (exact) mass is 334 g/mol. The first-order valence-corrected chi connectivity index (χ1v) is 8.86. The molecule has 5 nitrogen and oxygen atoms in total. The molecule has 0 amide bonds. The smallest absolute Gasteiger partial charge is 0.128 e. The van der Waals surface area contributed by atoms with Gasteiger partial charge in [-0.05, 0) is 43.1 Å². The van der Waals surface area contributed by atoms with Gasteiger partial charge in [0.1, 0.15) is 24.2 Å². The molecule has 128 valence electrons. The molecular formula is C20H22N4O. The molecule has 2 atom stereocenters. The van der Waals surface area contributed by atoms with Crippen LogP contribution in [0.3, 0.4) is 0 Å². The van der Waals surface area contributed by atoms with Crippen LogP contribution in [0.15, 0.2) is 48.7 Å². The van der Waals surface area contributed by atoms with Crippen LogP contribution in [-0.4, -0.2) is 48.7 Å². The van der Waals surface area contributed by atoms with E-state index in [1.165, 1.54) is 6.42 Å². The van der Waals surface area contributed by atoms with Crippen LogP contribution < -0.4 is 9.64 Å². The van der Waals surface area contributed by atoms with E-state index in [1.54, 1.807) is 6.20 Å². The van der Waals surface area contributed by atoms with Gasteiger partial charge in [0.2, 0.25) is 0 Å². The first-order valence-electron chi connectivity index (χ1n) is 8.86. The molecular weight excluding hydrogens is 312 g/mol. The van der Waals surface area contributed by atoms with E-state index >= 15 is 0 Å². The number of hydrogen-bond acceptors (Lipinski definition) is 5. The van der Waals surface area contributed by atoms with Crippen molar-refractivity contribution in [3.8, 4) is 11.8 Å². The highest BCUT2D eigenvalue weighted by molar-refractivity contribution is 5.43. The summed E-state index contributed by atoms with van der Waals surface area (Å²) in [5.41, 5.74) is 0.614. The molecule has 0 saturated carbocycles. The fourth-order valence-corrected chi connectivity index (χ4v) is 3.95. The maximum absolute atomic E-state index is 8.90. The molecule has 0 N–H and O–H groups in total. The summed E-state index contributed by atoms with van der Waals surface area (Å²) in [6.07, 6.45) is 2.90. The highest BCUT2D eigenvalue weighted by Gasteiger charge is 2.41. The van der Waals surface area contributed by atoms with Gasteiger partial charge in [-0.3, -0.25) is 4.90 Å². The van der Waals surface area contributed by atoms with E-state index in [1.807, 2.05) is 42.5 Å². The average molecular weight is 334 g/mol. The Morgan fingerprint density at radius 3 is 2.80 bits per heavy atom. The molecule has 1 aromatic heterocycles. The molecule has 2 aromatic rings. The van der Waals surface area contributed by atoms with E-state index in [2.05, 4.69) is 20.9 Å². The third-order valence-corrected chi connectivity index (χ3v) is 5.25.